The van der Waals surface area contributed by atoms with E-state index in [4.69, 9.17) is 11.6 Å². The van der Waals surface area contributed by atoms with Crippen molar-refractivity contribution >= 4 is 11.6 Å². The fourth-order valence-electron chi connectivity index (χ4n) is 1.85. The molecule has 1 N–H and O–H groups in total. The van der Waals surface area contributed by atoms with Crippen molar-refractivity contribution in [2.75, 3.05) is 0 Å². The number of hydrogen-bond acceptors (Lipinski definition) is 3. The topological polar surface area (TPSA) is 42.7 Å². The van der Waals surface area contributed by atoms with E-state index in [9.17, 15) is 0 Å². The van der Waals surface area contributed by atoms with Crippen LogP contribution >= 0.6 is 11.6 Å². The highest BCUT2D eigenvalue weighted by Gasteiger charge is 2.24. The average Bonchev–Trinajstić information content (AvgIpc) is 2.72. The van der Waals surface area contributed by atoms with Crippen LogP contribution in [0.2, 0.25) is 0 Å². The molecule has 14 heavy (non-hydrogen) atoms. The van der Waals surface area contributed by atoms with Crippen molar-refractivity contribution in [2.45, 2.75) is 37.2 Å². The Bertz CT molecular complexity index is 299. The molecule has 0 saturated heterocycles. The van der Waals surface area contributed by atoms with Gasteiger partial charge < -0.3 is 5.32 Å². The second-order valence-corrected chi connectivity index (χ2v) is 4.29. The van der Waals surface area contributed by atoms with Gasteiger partial charge in [-0.3, -0.25) is 4.68 Å². The molecule has 2 rings (SSSR count). The van der Waals surface area contributed by atoms with Crippen molar-refractivity contribution in [3.63, 3.8) is 0 Å². The molecule has 0 spiro atoms. The number of nitrogens with zero attached hydrogens (tertiary/aromatic N) is 3. The van der Waals surface area contributed by atoms with Crippen LogP contribution in [0.5, 0.6) is 0 Å². The summed E-state index contributed by atoms with van der Waals surface area (Å²) in [5.41, 5.74) is 0. The molecule has 1 heterocycles. The SMILES string of the molecule is Cn1ncnc1CNC1CCCC1Cl. The van der Waals surface area contributed by atoms with Crippen molar-refractivity contribution in [3.8, 4) is 0 Å². The first-order chi connectivity index (χ1) is 6.77. The molecule has 0 radical (unpaired) electrons. The molecule has 1 fully saturated rings. The zero-order valence-electron chi connectivity index (χ0n) is 8.28. The van der Waals surface area contributed by atoms with Crippen LogP contribution in [0.15, 0.2) is 6.33 Å². The van der Waals surface area contributed by atoms with Crippen LogP contribution in [0.1, 0.15) is 25.1 Å². The molecule has 1 aliphatic rings. The van der Waals surface area contributed by atoms with Crippen molar-refractivity contribution in [1.29, 1.82) is 0 Å². The van der Waals surface area contributed by atoms with Gasteiger partial charge in [-0.05, 0) is 12.8 Å². The monoisotopic (exact) mass is 214 g/mol. The molecule has 0 aliphatic heterocycles. The molecule has 1 aromatic heterocycles. The Kier molecular flexibility index (Phi) is 3.03. The van der Waals surface area contributed by atoms with E-state index >= 15 is 0 Å². The number of aromatic nitrogens is 3. The molecule has 0 bridgehead atoms. The molecule has 2 atom stereocenters. The fourth-order valence-corrected chi connectivity index (χ4v) is 2.22. The van der Waals surface area contributed by atoms with E-state index in [0.29, 0.717) is 6.04 Å². The first-order valence-corrected chi connectivity index (χ1v) is 5.41. The standard InChI is InChI=1S/C9H15ClN4/c1-14-9(12-6-13-14)5-11-8-4-2-3-7(8)10/h6-8,11H,2-5H2,1H3. The Hall–Kier alpha value is -0.610. The molecular formula is C9H15ClN4. The Morgan fingerprint density at radius 1 is 1.64 bits per heavy atom. The van der Waals surface area contributed by atoms with Gasteiger partial charge in [-0.25, -0.2) is 4.98 Å². The number of alkyl halides is 1. The van der Waals surface area contributed by atoms with Crippen molar-refractivity contribution in [1.82, 2.24) is 20.1 Å². The van der Waals surface area contributed by atoms with Gasteiger partial charge in [0, 0.05) is 18.5 Å². The minimum atomic E-state index is 0.281. The summed E-state index contributed by atoms with van der Waals surface area (Å²) in [6.07, 6.45) is 5.10. The molecule has 2 unspecified atom stereocenters. The van der Waals surface area contributed by atoms with Crippen molar-refractivity contribution in [2.24, 2.45) is 7.05 Å². The summed E-state index contributed by atoms with van der Waals surface area (Å²) in [7, 11) is 1.90. The summed E-state index contributed by atoms with van der Waals surface area (Å²) in [6.45, 7) is 0.754. The maximum atomic E-state index is 6.15. The zero-order chi connectivity index (χ0) is 9.97. The molecule has 4 nitrogen and oxygen atoms in total. The molecule has 78 valence electrons. The largest absolute Gasteiger partial charge is 0.306 e. The first kappa shape index (κ1) is 9.93. The number of aryl methyl sites for hydroxylation is 1. The number of rotatable bonds is 3. The van der Waals surface area contributed by atoms with Crippen molar-refractivity contribution < 1.29 is 0 Å². The van der Waals surface area contributed by atoms with Gasteiger partial charge in [-0.1, -0.05) is 6.42 Å². The zero-order valence-corrected chi connectivity index (χ0v) is 9.04. The summed E-state index contributed by atoms with van der Waals surface area (Å²) in [4.78, 5) is 4.15. The van der Waals surface area contributed by atoms with E-state index in [1.807, 2.05) is 7.05 Å². The predicted molar refractivity (Wildman–Crippen MR) is 55.1 cm³/mol. The van der Waals surface area contributed by atoms with Gasteiger partial charge in [-0.15, -0.1) is 11.6 Å². The molecular weight excluding hydrogens is 200 g/mol. The third-order valence-corrected chi connectivity index (χ3v) is 3.28. The van der Waals surface area contributed by atoms with Gasteiger partial charge in [0.05, 0.1) is 6.54 Å². The van der Waals surface area contributed by atoms with E-state index < -0.39 is 0 Å². The van der Waals surface area contributed by atoms with Gasteiger partial charge in [0.15, 0.2) is 0 Å². The maximum absolute atomic E-state index is 6.15. The van der Waals surface area contributed by atoms with Gasteiger partial charge in [0.2, 0.25) is 0 Å². The van der Waals surface area contributed by atoms with E-state index in [1.165, 1.54) is 12.8 Å². The Morgan fingerprint density at radius 3 is 3.07 bits per heavy atom. The van der Waals surface area contributed by atoms with Crippen LogP contribution in [0.4, 0.5) is 0 Å². The third-order valence-electron chi connectivity index (χ3n) is 2.76. The second-order valence-electron chi connectivity index (χ2n) is 3.73. The van der Waals surface area contributed by atoms with Gasteiger partial charge >= 0.3 is 0 Å². The lowest BCUT2D eigenvalue weighted by Gasteiger charge is -2.14. The second kappa shape index (κ2) is 4.28. The van der Waals surface area contributed by atoms with E-state index in [1.54, 1.807) is 11.0 Å². The lowest BCUT2D eigenvalue weighted by Crippen LogP contribution is -2.33. The maximum Gasteiger partial charge on any atom is 0.140 e. The van der Waals surface area contributed by atoms with Crippen LogP contribution < -0.4 is 5.32 Å². The summed E-state index contributed by atoms with van der Waals surface area (Å²) in [5.74, 6) is 0.959. The normalized spacial score (nSPS) is 27.0. The van der Waals surface area contributed by atoms with Gasteiger partial charge in [0.1, 0.15) is 12.2 Å². The minimum Gasteiger partial charge on any atom is -0.306 e. The Morgan fingerprint density at radius 2 is 2.50 bits per heavy atom. The summed E-state index contributed by atoms with van der Waals surface area (Å²) < 4.78 is 1.78. The van der Waals surface area contributed by atoms with Gasteiger partial charge in [0.25, 0.3) is 0 Å². The third kappa shape index (κ3) is 2.07. The predicted octanol–water partition coefficient (Wildman–Crippen LogP) is 1.06. The average molecular weight is 215 g/mol. The number of hydrogen-bond donors (Lipinski definition) is 1. The summed E-state index contributed by atoms with van der Waals surface area (Å²) in [6, 6.07) is 0.438. The van der Waals surface area contributed by atoms with Crippen LogP contribution in [0.3, 0.4) is 0 Å². The van der Waals surface area contributed by atoms with E-state index in [2.05, 4.69) is 15.4 Å². The molecule has 1 aliphatic carbocycles. The lowest BCUT2D eigenvalue weighted by molar-refractivity contribution is 0.505. The molecule has 1 saturated carbocycles. The lowest BCUT2D eigenvalue weighted by atomic mass is 10.2. The van der Waals surface area contributed by atoms with Crippen LogP contribution in [-0.4, -0.2) is 26.2 Å². The number of nitrogens with one attached hydrogen (secondary N) is 1. The Balaban J connectivity index is 1.85. The Labute approximate surface area is 88.7 Å². The first-order valence-electron chi connectivity index (χ1n) is 4.97. The highest BCUT2D eigenvalue weighted by Crippen LogP contribution is 2.23. The minimum absolute atomic E-state index is 0.281. The van der Waals surface area contributed by atoms with Crippen molar-refractivity contribution in [3.05, 3.63) is 12.2 Å². The molecule has 5 heteroatoms. The van der Waals surface area contributed by atoms with Crippen LogP contribution in [-0.2, 0) is 13.6 Å². The van der Waals surface area contributed by atoms with Gasteiger partial charge in [-0.2, -0.15) is 5.10 Å². The summed E-state index contributed by atoms with van der Waals surface area (Å²) in [5, 5.41) is 7.71. The quantitative estimate of drug-likeness (QED) is 0.766. The van der Waals surface area contributed by atoms with E-state index in [-0.39, 0.29) is 5.38 Å². The number of halogens is 1. The highest BCUT2D eigenvalue weighted by molar-refractivity contribution is 6.21. The molecule has 0 amide bonds. The fraction of sp³-hybridized carbons (Fsp3) is 0.778. The van der Waals surface area contributed by atoms with Crippen LogP contribution in [0.25, 0.3) is 0 Å². The van der Waals surface area contributed by atoms with E-state index in [0.717, 1.165) is 18.8 Å². The summed E-state index contributed by atoms with van der Waals surface area (Å²) >= 11 is 6.15. The highest BCUT2D eigenvalue weighted by atomic mass is 35.5. The van der Waals surface area contributed by atoms with Crippen LogP contribution in [0, 0.1) is 0 Å². The molecule has 0 aromatic carbocycles. The smallest absolute Gasteiger partial charge is 0.140 e. The molecule has 1 aromatic rings.